The predicted molar refractivity (Wildman–Crippen MR) is 79.5 cm³/mol. The molecular weight excluding hydrogens is 274 g/mol. The predicted octanol–water partition coefficient (Wildman–Crippen LogP) is 1.72. The summed E-state index contributed by atoms with van der Waals surface area (Å²) < 4.78 is 28.7. The van der Waals surface area contributed by atoms with Gasteiger partial charge in [-0.25, -0.2) is 0 Å². The third kappa shape index (κ3) is 4.54. The summed E-state index contributed by atoms with van der Waals surface area (Å²) in [5.41, 5.74) is 1.10. The van der Waals surface area contributed by atoms with Gasteiger partial charge in [-0.2, -0.15) is 17.4 Å². The normalized spacial score (nSPS) is 17.5. The number of nitrogens with one attached hydrogen (secondary N) is 1. The van der Waals surface area contributed by atoms with Gasteiger partial charge >= 0.3 is 0 Å². The maximum absolute atomic E-state index is 12.2. The van der Waals surface area contributed by atoms with Crippen LogP contribution in [0.15, 0.2) is 24.5 Å². The molecule has 0 saturated heterocycles. The molecule has 1 aromatic heterocycles. The van der Waals surface area contributed by atoms with E-state index in [0.29, 0.717) is 13.0 Å². The van der Waals surface area contributed by atoms with Gasteiger partial charge in [0.25, 0.3) is 10.2 Å². The number of hydrogen-bond donors (Lipinski definition) is 1. The molecule has 1 aliphatic carbocycles. The minimum Gasteiger partial charge on any atom is -0.265 e. The molecule has 6 heteroatoms. The lowest BCUT2D eigenvalue weighted by atomic mass is 9.96. The van der Waals surface area contributed by atoms with E-state index in [2.05, 4.69) is 9.71 Å². The molecule has 20 heavy (non-hydrogen) atoms. The summed E-state index contributed by atoms with van der Waals surface area (Å²) >= 11 is 0. The Morgan fingerprint density at radius 3 is 2.55 bits per heavy atom. The molecule has 1 heterocycles. The molecule has 0 atom stereocenters. The Bertz CT molecular complexity index is 498. The SMILES string of the molecule is CN(CCc1ccncc1)S(=O)(=O)NC1CCCCC1. The quantitative estimate of drug-likeness (QED) is 0.869. The lowest BCUT2D eigenvalue weighted by molar-refractivity contribution is 0.391. The topological polar surface area (TPSA) is 62.3 Å². The zero-order valence-corrected chi connectivity index (χ0v) is 12.8. The summed E-state index contributed by atoms with van der Waals surface area (Å²) in [4.78, 5) is 3.95. The van der Waals surface area contributed by atoms with Crippen molar-refractivity contribution in [3.05, 3.63) is 30.1 Å². The van der Waals surface area contributed by atoms with Crippen LogP contribution in [0.2, 0.25) is 0 Å². The molecular formula is C14H23N3O2S. The van der Waals surface area contributed by atoms with Crippen LogP contribution in [0.5, 0.6) is 0 Å². The van der Waals surface area contributed by atoms with E-state index >= 15 is 0 Å². The van der Waals surface area contributed by atoms with Gasteiger partial charge < -0.3 is 0 Å². The summed E-state index contributed by atoms with van der Waals surface area (Å²) in [5, 5.41) is 0. The fourth-order valence-corrected chi connectivity index (χ4v) is 3.65. The Balaban J connectivity index is 1.85. The van der Waals surface area contributed by atoms with Crippen LogP contribution < -0.4 is 4.72 Å². The average Bonchev–Trinajstić information content (AvgIpc) is 2.46. The minimum atomic E-state index is -3.36. The highest BCUT2D eigenvalue weighted by atomic mass is 32.2. The van der Waals surface area contributed by atoms with Crippen molar-refractivity contribution in [3.8, 4) is 0 Å². The van der Waals surface area contributed by atoms with Crippen molar-refractivity contribution in [1.82, 2.24) is 14.0 Å². The Morgan fingerprint density at radius 1 is 1.25 bits per heavy atom. The molecule has 0 bridgehead atoms. The van der Waals surface area contributed by atoms with Crippen molar-refractivity contribution in [2.45, 2.75) is 44.6 Å². The lowest BCUT2D eigenvalue weighted by Gasteiger charge is -2.25. The largest absolute Gasteiger partial charge is 0.279 e. The first-order valence-corrected chi connectivity index (χ1v) is 8.64. The van der Waals surface area contributed by atoms with Crippen LogP contribution in [0.1, 0.15) is 37.7 Å². The van der Waals surface area contributed by atoms with Gasteiger partial charge in [0.1, 0.15) is 0 Å². The molecule has 0 aliphatic heterocycles. The summed E-state index contributed by atoms with van der Waals surface area (Å²) in [6, 6.07) is 3.93. The summed E-state index contributed by atoms with van der Waals surface area (Å²) in [5.74, 6) is 0. The molecule has 1 N–H and O–H groups in total. The first-order valence-electron chi connectivity index (χ1n) is 7.20. The molecule has 0 radical (unpaired) electrons. The number of nitrogens with zero attached hydrogens (tertiary/aromatic N) is 2. The van der Waals surface area contributed by atoms with Gasteiger partial charge in [-0.15, -0.1) is 0 Å². The van der Waals surface area contributed by atoms with Gasteiger partial charge in [0.2, 0.25) is 0 Å². The van der Waals surface area contributed by atoms with E-state index in [-0.39, 0.29) is 6.04 Å². The maximum atomic E-state index is 12.2. The Morgan fingerprint density at radius 2 is 1.90 bits per heavy atom. The van der Waals surface area contributed by atoms with Crippen molar-refractivity contribution < 1.29 is 8.42 Å². The van der Waals surface area contributed by atoms with Crippen LogP contribution in [0.4, 0.5) is 0 Å². The number of rotatable bonds is 6. The monoisotopic (exact) mass is 297 g/mol. The number of pyridine rings is 1. The van der Waals surface area contributed by atoms with E-state index in [9.17, 15) is 8.42 Å². The second-order valence-corrected chi connectivity index (χ2v) is 7.19. The molecule has 1 aliphatic rings. The molecule has 0 aromatic carbocycles. The molecule has 1 fully saturated rings. The molecule has 112 valence electrons. The summed E-state index contributed by atoms with van der Waals surface area (Å²) in [6.45, 7) is 0.478. The van der Waals surface area contributed by atoms with Gasteiger partial charge in [0.15, 0.2) is 0 Å². The summed E-state index contributed by atoms with van der Waals surface area (Å²) in [7, 11) is -1.73. The highest BCUT2D eigenvalue weighted by Gasteiger charge is 2.23. The van der Waals surface area contributed by atoms with Crippen molar-refractivity contribution in [1.29, 1.82) is 0 Å². The lowest BCUT2D eigenvalue weighted by Crippen LogP contribution is -2.44. The van der Waals surface area contributed by atoms with Crippen LogP contribution in [-0.2, 0) is 16.6 Å². The fourth-order valence-electron chi connectivity index (χ4n) is 2.48. The number of hydrogen-bond acceptors (Lipinski definition) is 3. The van der Waals surface area contributed by atoms with Crippen molar-refractivity contribution in [2.75, 3.05) is 13.6 Å². The molecule has 1 saturated carbocycles. The van der Waals surface area contributed by atoms with Crippen LogP contribution >= 0.6 is 0 Å². The van der Waals surface area contributed by atoms with Gasteiger partial charge in [-0.1, -0.05) is 19.3 Å². The average molecular weight is 297 g/mol. The number of likely N-dealkylation sites (N-methyl/N-ethyl adjacent to an activating group) is 1. The fraction of sp³-hybridized carbons (Fsp3) is 0.643. The molecule has 0 unspecified atom stereocenters. The van der Waals surface area contributed by atoms with E-state index in [1.807, 2.05) is 12.1 Å². The highest BCUT2D eigenvalue weighted by molar-refractivity contribution is 7.87. The van der Waals surface area contributed by atoms with Gasteiger partial charge in [0, 0.05) is 32.0 Å². The zero-order chi connectivity index (χ0) is 14.4. The highest BCUT2D eigenvalue weighted by Crippen LogP contribution is 2.18. The molecule has 0 spiro atoms. The van der Waals surface area contributed by atoms with E-state index < -0.39 is 10.2 Å². The standard InChI is InChI=1S/C14H23N3O2S/c1-17(12-9-13-7-10-15-11-8-13)20(18,19)16-14-5-3-2-4-6-14/h7-8,10-11,14,16H,2-6,9,12H2,1H3. The third-order valence-corrected chi connectivity index (χ3v) is 5.43. The zero-order valence-electron chi connectivity index (χ0n) is 12.0. The van der Waals surface area contributed by atoms with Crippen molar-refractivity contribution in [3.63, 3.8) is 0 Å². The Kier molecular flexibility index (Phi) is 5.51. The minimum absolute atomic E-state index is 0.108. The Hall–Kier alpha value is -0.980. The van der Waals surface area contributed by atoms with E-state index in [1.165, 1.54) is 10.7 Å². The van der Waals surface area contributed by atoms with Crippen molar-refractivity contribution >= 4 is 10.2 Å². The van der Waals surface area contributed by atoms with E-state index in [4.69, 9.17) is 0 Å². The molecule has 5 nitrogen and oxygen atoms in total. The second kappa shape index (κ2) is 7.15. The third-order valence-electron chi connectivity index (χ3n) is 3.80. The van der Waals surface area contributed by atoms with Gasteiger partial charge in [-0.3, -0.25) is 4.98 Å². The smallest absolute Gasteiger partial charge is 0.265 e. The molecule has 0 amide bonds. The van der Waals surface area contributed by atoms with E-state index in [0.717, 1.165) is 31.2 Å². The van der Waals surface area contributed by atoms with Crippen molar-refractivity contribution in [2.24, 2.45) is 0 Å². The summed E-state index contributed by atoms with van der Waals surface area (Å²) in [6.07, 6.45) is 9.52. The Labute approximate surface area is 121 Å². The molecule has 2 rings (SSSR count). The van der Waals surface area contributed by atoms with Crippen LogP contribution in [0.3, 0.4) is 0 Å². The van der Waals surface area contributed by atoms with E-state index in [1.54, 1.807) is 19.4 Å². The van der Waals surface area contributed by atoms with Crippen LogP contribution in [0, 0.1) is 0 Å². The molecule has 1 aromatic rings. The second-order valence-electron chi connectivity index (χ2n) is 5.38. The van der Waals surface area contributed by atoms with Gasteiger partial charge in [-0.05, 0) is 37.0 Å². The number of aromatic nitrogens is 1. The first kappa shape index (κ1) is 15.4. The van der Waals surface area contributed by atoms with Gasteiger partial charge in [0.05, 0.1) is 0 Å². The van der Waals surface area contributed by atoms with Crippen LogP contribution in [0.25, 0.3) is 0 Å². The first-order chi connectivity index (χ1) is 9.58. The van der Waals surface area contributed by atoms with Crippen LogP contribution in [-0.4, -0.2) is 37.3 Å². The maximum Gasteiger partial charge on any atom is 0.279 e.